The third kappa shape index (κ3) is 6.77. The average molecular weight is 513 g/mol. The first-order valence-electron chi connectivity index (χ1n) is 11.7. The first kappa shape index (κ1) is 25.5. The molecule has 5 nitrogen and oxygen atoms in total. The van der Waals surface area contributed by atoms with Gasteiger partial charge in [0, 0.05) is 37.7 Å². The Balaban J connectivity index is 1.41. The molecule has 1 saturated heterocycles. The van der Waals surface area contributed by atoms with E-state index >= 15 is 0 Å². The maximum atomic E-state index is 13.0. The van der Waals surface area contributed by atoms with Crippen molar-refractivity contribution in [3.63, 3.8) is 0 Å². The highest BCUT2D eigenvalue weighted by Crippen LogP contribution is 2.26. The van der Waals surface area contributed by atoms with Crippen LogP contribution in [0.1, 0.15) is 33.2 Å². The van der Waals surface area contributed by atoms with Crippen molar-refractivity contribution < 1.29 is 14.3 Å². The molecule has 1 aliphatic rings. The fraction of sp³-hybridized carbons (Fsp3) is 0.321. The standard InChI is InChI=1S/C28H30Cl2N2O3/c1-20-6-8-21(9-7-20)19-35-27(22-4-3-5-24(16-22)34-2)18-31-12-14-32(15-13-31)28(33)25-11-10-23(29)17-26(25)30/h3-11,16-17,27H,12-15,18-19H2,1-2H3/t27-/m1/s1. The Hall–Kier alpha value is -2.57. The molecular formula is C28H30Cl2N2O3. The van der Waals surface area contributed by atoms with E-state index in [9.17, 15) is 4.79 Å². The van der Waals surface area contributed by atoms with Crippen molar-refractivity contribution in [2.75, 3.05) is 39.8 Å². The zero-order valence-electron chi connectivity index (χ0n) is 20.0. The van der Waals surface area contributed by atoms with E-state index in [1.165, 1.54) is 5.56 Å². The van der Waals surface area contributed by atoms with Gasteiger partial charge in [0.05, 0.1) is 30.4 Å². The largest absolute Gasteiger partial charge is 0.497 e. The molecule has 35 heavy (non-hydrogen) atoms. The van der Waals surface area contributed by atoms with Crippen molar-refractivity contribution in [3.8, 4) is 5.75 Å². The van der Waals surface area contributed by atoms with Gasteiger partial charge < -0.3 is 14.4 Å². The third-order valence-corrected chi connectivity index (χ3v) is 6.83. The van der Waals surface area contributed by atoms with Crippen LogP contribution in [-0.2, 0) is 11.3 Å². The van der Waals surface area contributed by atoms with E-state index in [1.807, 2.05) is 23.1 Å². The molecule has 3 aromatic rings. The number of nitrogens with zero attached hydrogens (tertiary/aromatic N) is 2. The van der Waals surface area contributed by atoms with Crippen molar-refractivity contribution >= 4 is 29.1 Å². The van der Waals surface area contributed by atoms with Crippen LogP contribution < -0.4 is 4.74 Å². The zero-order valence-corrected chi connectivity index (χ0v) is 21.6. The molecule has 0 bridgehead atoms. The van der Waals surface area contributed by atoms with Crippen molar-refractivity contribution in [1.82, 2.24) is 9.80 Å². The normalized spacial score (nSPS) is 15.1. The topological polar surface area (TPSA) is 42.0 Å². The van der Waals surface area contributed by atoms with Gasteiger partial charge in [0.25, 0.3) is 5.91 Å². The van der Waals surface area contributed by atoms with Crippen molar-refractivity contribution in [3.05, 3.63) is 99.0 Å². The Kier molecular flexibility index (Phi) is 8.69. The van der Waals surface area contributed by atoms with Crippen LogP contribution >= 0.6 is 23.2 Å². The Labute approximate surface area is 217 Å². The van der Waals surface area contributed by atoms with Gasteiger partial charge in [-0.2, -0.15) is 0 Å². The summed E-state index contributed by atoms with van der Waals surface area (Å²) in [7, 11) is 1.67. The molecule has 1 amide bonds. The lowest BCUT2D eigenvalue weighted by molar-refractivity contribution is 0.00333. The summed E-state index contributed by atoms with van der Waals surface area (Å²) in [6, 6.07) is 21.4. The van der Waals surface area contributed by atoms with Crippen LogP contribution in [0, 0.1) is 6.92 Å². The monoisotopic (exact) mass is 512 g/mol. The van der Waals surface area contributed by atoms with Gasteiger partial charge in [-0.1, -0.05) is 65.2 Å². The predicted octanol–water partition coefficient (Wildman–Crippen LogP) is 6.03. The summed E-state index contributed by atoms with van der Waals surface area (Å²) >= 11 is 12.2. The second kappa shape index (κ2) is 11.9. The Bertz CT molecular complexity index is 1150. The number of aryl methyl sites for hydroxylation is 1. The average Bonchev–Trinajstić information content (AvgIpc) is 2.87. The maximum absolute atomic E-state index is 13.0. The molecule has 4 rings (SSSR count). The van der Waals surface area contributed by atoms with Crippen molar-refractivity contribution in [2.45, 2.75) is 19.6 Å². The molecule has 0 N–H and O–H groups in total. The number of piperazine rings is 1. The quantitative estimate of drug-likeness (QED) is 0.369. The van der Waals surface area contributed by atoms with E-state index in [0.717, 1.165) is 36.5 Å². The number of methoxy groups -OCH3 is 1. The number of amides is 1. The summed E-state index contributed by atoms with van der Waals surface area (Å²) < 4.78 is 11.9. The molecule has 0 aliphatic carbocycles. The van der Waals surface area contributed by atoms with Crippen LogP contribution in [-0.4, -0.2) is 55.5 Å². The molecule has 0 saturated carbocycles. The van der Waals surface area contributed by atoms with Gasteiger partial charge >= 0.3 is 0 Å². The maximum Gasteiger partial charge on any atom is 0.255 e. The number of benzene rings is 3. The summed E-state index contributed by atoms with van der Waals surface area (Å²) in [5, 5.41) is 0.901. The van der Waals surface area contributed by atoms with Crippen LogP contribution in [0.15, 0.2) is 66.7 Å². The second-order valence-electron chi connectivity index (χ2n) is 8.78. The number of hydrogen-bond donors (Lipinski definition) is 0. The molecule has 0 aromatic heterocycles. The zero-order chi connectivity index (χ0) is 24.8. The summed E-state index contributed by atoms with van der Waals surface area (Å²) in [6.07, 6.45) is -0.126. The van der Waals surface area contributed by atoms with Gasteiger partial charge in [-0.25, -0.2) is 0 Å². The first-order valence-corrected chi connectivity index (χ1v) is 12.5. The fourth-order valence-corrected chi connectivity index (χ4v) is 4.67. The molecule has 1 atom stereocenters. The number of rotatable bonds is 8. The predicted molar refractivity (Wildman–Crippen MR) is 141 cm³/mol. The second-order valence-corrected chi connectivity index (χ2v) is 9.62. The minimum atomic E-state index is -0.126. The van der Waals surface area contributed by atoms with E-state index < -0.39 is 0 Å². The van der Waals surface area contributed by atoms with Gasteiger partial charge in [-0.05, 0) is 48.4 Å². The Morgan fingerprint density at radius 2 is 1.71 bits per heavy atom. The molecule has 184 valence electrons. The third-order valence-electron chi connectivity index (χ3n) is 6.28. The first-order chi connectivity index (χ1) is 16.9. The van der Waals surface area contributed by atoms with Gasteiger partial charge in [0.15, 0.2) is 0 Å². The molecule has 1 fully saturated rings. The van der Waals surface area contributed by atoms with E-state index in [4.69, 9.17) is 32.7 Å². The summed E-state index contributed by atoms with van der Waals surface area (Å²) in [6.45, 7) is 6.09. The molecule has 0 spiro atoms. The van der Waals surface area contributed by atoms with E-state index in [1.54, 1.807) is 25.3 Å². The van der Waals surface area contributed by atoms with Crippen LogP contribution in [0.2, 0.25) is 10.0 Å². The number of ether oxygens (including phenoxy) is 2. The highest BCUT2D eigenvalue weighted by atomic mass is 35.5. The van der Waals surface area contributed by atoms with Crippen LogP contribution in [0.25, 0.3) is 0 Å². The number of carbonyl (C=O) groups is 1. The molecule has 1 heterocycles. The highest BCUT2D eigenvalue weighted by Gasteiger charge is 2.26. The molecule has 1 aliphatic heterocycles. The van der Waals surface area contributed by atoms with E-state index in [0.29, 0.717) is 35.3 Å². The summed E-state index contributed by atoms with van der Waals surface area (Å²) in [5.74, 6) is 0.743. The lowest BCUT2D eigenvalue weighted by Gasteiger charge is -2.36. The van der Waals surface area contributed by atoms with Crippen LogP contribution in [0.4, 0.5) is 0 Å². The SMILES string of the molecule is COc1cccc([C@@H](CN2CCN(C(=O)c3ccc(Cl)cc3Cl)CC2)OCc2ccc(C)cc2)c1. The minimum absolute atomic E-state index is 0.0636. The molecular weight excluding hydrogens is 483 g/mol. The molecule has 7 heteroatoms. The van der Waals surface area contributed by atoms with Gasteiger partial charge in [0.1, 0.15) is 5.75 Å². The van der Waals surface area contributed by atoms with E-state index in [2.05, 4.69) is 42.2 Å². The van der Waals surface area contributed by atoms with Gasteiger partial charge in [0.2, 0.25) is 0 Å². The van der Waals surface area contributed by atoms with Gasteiger partial charge in [-0.15, -0.1) is 0 Å². The van der Waals surface area contributed by atoms with Crippen molar-refractivity contribution in [2.24, 2.45) is 0 Å². The Morgan fingerprint density at radius 3 is 2.40 bits per heavy atom. The minimum Gasteiger partial charge on any atom is -0.497 e. The lowest BCUT2D eigenvalue weighted by atomic mass is 10.1. The van der Waals surface area contributed by atoms with Crippen LogP contribution in [0.5, 0.6) is 5.75 Å². The summed E-state index contributed by atoms with van der Waals surface area (Å²) in [5.41, 5.74) is 3.92. The highest BCUT2D eigenvalue weighted by molar-refractivity contribution is 6.36. The fourth-order valence-electron chi connectivity index (χ4n) is 4.18. The Morgan fingerprint density at radius 1 is 0.971 bits per heavy atom. The molecule has 3 aromatic carbocycles. The van der Waals surface area contributed by atoms with Crippen LogP contribution in [0.3, 0.4) is 0 Å². The molecule has 0 unspecified atom stereocenters. The van der Waals surface area contributed by atoms with Crippen molar-refractivity contribution in [1.29, 1.82) is 0 Å². The van der Waals surface area contributed by atoms with Gasteiger partial charge in [-0.3, -0.25) is 9.69 Å². The van der Waals surface area contributed by atoms with E-state index in [-0.39, 0.29) is 12.0 Å². The summed E-state index contributed by atoms with van der Waals surface area (Å²) in [4.78, 5) is 17.2. The number of halogens is 2. The molecule has 0 radical (unpaired) electrons. The number of hydrogen-bond acceptors (Lipinski definition) is 4. The lowest BCUT2D eigenvalue weighted by Crippen LogP contribution is -2.49. The number of carbonyl (C=O) groups excluding carboxylic acids is 1. The smallest absolute Gasteiger partial charge is 0.255 e.